The van der Waals surface area contributed by atoms with Crippen molar-refractivity contribution in [2.45, 2.75) is 33.1 Å². The van der Waals surface area contributed by atoms with Gasteiger partial charge in [-0.3, -0.25) is 14.0 Å². The van der Waals surface area contributed by atoms with Crippen LogP contribution < -0.4 is 0 Å². The molecule has 7 heteroatoms. The predicted octanol–water partition coefficient (Wildman–Crippen LogP) is 3.49. The van der Waals surface area contributed by atoms with Gasteiger partial charge >= 0.3 is 5.97 Å². The third kappa shape index (κ3) is 4.36. The van der Waals surface area contributed by atoms with Gasteiger partial charge in [-0.15, -0.1) is 11.3 Å². The van der Waals surface area contributed by atoms with Crippen LogP contribution in [0.1, 0.15) is 31.5 Å². The number of nitrogens with zero attached hydrogens (tertiary/aromatic N) is 3. The van der Waals surface area contributed by atoms with E-state index in [1.54, 1.807) is 4.90 Å². The molecule has 1 amide bonds. The zero-order chi connectivity index (χ0) is 19.4. The normalized spacial score (nSPS) is 11.0. The summed E-state index contributed by atoms with van der Waals surface area (Å²) in [6.07, 6.45) is 3.16. The molecule has 0 bridgehead atoms. The molecule has 3 aromatic rings. The number of amides is 1. The van der Waals surface area contributed by atoms with Crippen molar-refractivity contribution >= 4 is 28.2 Å². The van der Waals surface area contributed by atoms with E-state index in [9.17, 15) is 9.59 Å². The number of carbonyl (C=O) groups excluding carboxylic acids is 1. The van der Waals surface area contributed by atoms with Crippen LogP contribution in [-0.4, -0.2) is 44.4 Å². The molecule has 2 heterocycles. The molecule has 0 aliphatic rings. The summed E-state index contributed by atoms with van der Waals surface area (Å²) in [4.78, 5) is 30.4. The maximum absolute atomic E-state index is 12.5. The number of imidazole rings is 1. The minimum absolute atomic E-state index is 0.0401. The first kappa shape index (κ1) is 19.1. The Morgan fingerprint density at radius 2 is 1.96 bits per heavy atom. The first-order chi connectivity index (χ1) is 13.0. The van der Waals surface area contributed by atoms with Crippen molar-refractivity contribution in [3.63, 3.8) is 0 Å². The molecule has 0 atom stereocenters. The van der Waals surface area contributed by atoms with Crippen LogP contribution in [0.4, 0.5) is 0 Å². The van der Waals surface area contributed by atoms with Crippen molar-refractivity contribution in [1.29, 1.82) is 0 Å². The Morgan fingerprint density at radius 1 is 1.22 bits per heavy atom. The van der Waals surface area contributed by atoms with Crippen molar-refractivity contribution < 1.29 is 14.7 Å². The Morgan fingerprint density at radius 3 is 2.59 bits per heavy atom. The molecule has 0 unspecified atom stereocenters. The van der Waals surface area contributed by atoms with Crippen molar-refractivity contribution in [3.8, 4) is 11.3 Å². The van der Waals surface area contributed by atoms with Gasteiger partial charge in [-0.25, -0.2) is 4.98 Å². The number of thiazole rings is 1. The molecule has 0 saturated heterocycles. The maximum Gasteiger partial charge on any atom is 0.305 e. The van der Waals surface area contributed by atoms with Crippen LogP contribution in [0.5, 0.6) is 0 Å². The van der Waals surface area contributed by atoms with Crippen LogP contribution in [0.25, 0.3) is 16.2 Å². The number of aromatic nitrogens is 2. The highest BCUT2D eigenvalue weighted by atomic mass is 32.1. The largest absolute Gasteiger partial charge is 0.481 e. The fraction of sp³-hybridized carbons (Fsp3) is 0.350. The number of carboxylic acid groups (broad SMARTS) is 1. The molecule has 1 aromatic carbocycles. The zero-order valence-electron chi connectivity index (χ0n) is 15.5. The summed E-state index contributed by atoms with van der Waals surface area (Å²) in [5.74, 6) is -0.964. The van der Waals surface area contributed by atoms with Gasteiger partial charge in [0.25, 0.3) is 0 Å². The number of aryl methyl sites for hydroxylation is 1. The smallest absolute Gasteiger partial charge is 0.305 e. The minimum Gasteiger partial charge on any atom is -0.481 e. The second-order valence-corrected chi connectivity index (χ2v) is 7.19. The number of carboxylic acids is 1. The quantitative estimate of drug-likeness (QED) is 0.644. The van der Waals surface area contributed by atoms with Crippen LogP contribution in [0.15, 0.2) is 35.8 Å². The molecule has 0 radical (unpaired) electrons. The highest BCUT2D eigenvalue weighted by Crippen LogP contribution is 2.24. The molecule has 27 heavy (non-hydrogen) atoms. The monoisotopic (exact) mass is 385 g/mol. The number of hydrogen-bond donors (Lipinski definition) is 1. The van der Waals surface area contributed by atoms with Crippen molar-refractivity contribution in [2.24, 2.45) is 0 Å². The average molecular weight is 385 g/mol. The van der Waals surface area contributed by atoms with Crippen LogP contribution in [0.2, 0.25) is 0 Å². The molecule has 3 rings (SSSR count). The number of likely N-dealkylation sites (N-methyl/N-ethyl adjacent to an activating group) is 1. The first-order valence-electron chi connectivity index (χ1n) is 9.06. The molecule has 142 valence electrons. The van der Waals surface area contributed by atoms with E-state index >= 15 is 0 Å². The van der Waals surface area contributed by atoms with Gasteiger partial charge in [0.05, 0.1) is 18.5 Å². The Bertz CT molecular complexity index is 943. The van der Waals surface area contributed by atoms with Gasteiger partial charge in [0.2, 0.25) is 5.91 Å². The molecular formula is C20H23N3O3S. The Labute approximate surface area is 162 Å². The van der Waals surface area contributed by atoms with E-state index in [1.807, 2.05) is 22.9 Å². The summed E-state index contributed by atoms with van der Waals surface area (Å²) in [6.45, 7) is 4.72. The fourth-order valence-corrected chi connectivity index (χ4v) is 3.84. The lowest BCUT2D eigenvalue weighted by Crippen LogP contribution is -2.34. The minimum atomic E-state index is -0.896. The third-order valence-corrected chi connectivity index (χ3v) is 5.49. The van der Waals surface area contributed by atoms with E-state index in [0.717, 1.165) is 28.3 Å². The van der Waals surface area contributed by atoms with Gasteiger partial charge in [-0.2, -0.15) is 0 Å². The van der Waals surface area contributed by atoms with Gasteiger partial charge in [-0.1, -0.05) is 31.2 Å². The Hall–Kier alpha value is -2.67. The van der Waals surface area contributed by atoms with Gasteiger partial charge in [0, 0.05) is 35.9 Å². The fourth-order valence-electron chi connectivity index (χ4n) is 2.96. The number of carbonyl (C=O) groups is 2. The van der Waals surface area contributed by atoms with Crippen molar-refractivity contribution in [1.82, 2.24) is 14.3 Å². The number of rotatable bonds is 8. The molecule has 0 saturated carbocycles. The Kier molecular flexibility index (Phi) is 5.91. The van der Waals surface area contributed by atoms with E-state index in [4.69, 9.17) is 5.11 Å². The summed E-state index contributed by atoms with van der Waals surface area (Å²) in [5.41, 5.74) is 4.10. The number of benzene rings is 1. The standard InChI is InChI=1S/C20H23N3O3S/c1-3-14-5-7-15(8-6-14)17-12-23-16(13-27-20(23)21-17)11-18(24)22(4-2)10-9-19(25)26/h5-8,12-13H,3-4,9-11H2,1-2H3,(H,25,26). The second kappa shape index (κ2) is 8.35. The summed E-state index contributed by atoms with van der Waals surface area (Å²) in [5, 5.41) is 10.8. The molecule has 1 N–H and O–H groups in total. The highest BCUT2D eigenvalue weighted by Gasteiger charge is 2.17. The summed E-state index contributed by atoms with van der Waals surface area (Å²) in [6, 6.07) is 8.35. The molecular weight excluding hydrogens is 362 g/mol. The number of hydrogen-bond acceptors (Lipinski definition) is 4. The van der Waals surface area contributed by atoms with Gasteiger partial charge < -0.3 is 10.0 Å². The average Bonchev–Trinajstić information content (AvgIpc) is 3.24. The third-order valence-electron chi connectivity index (χ3n) is 4.60. The molecule has 2 aromatic heterocycles. The summed E-state index contributed by atoms with van der Waals surface area (Å²) in [7, 11) is 0. The summed E-state index contributed by atoms with van der Waals surface area (Å²) >= 11 is 1.50. The maximum atomic E-state index is 12.5. The van der Waals surface area contributed by atoms with E-state index in [-0.39, 0.29) is 25.3 Å². The van der Waals surface area contributed by atoms with Crippen LogP contribution in [0.3, 0.4) is 0 Å². The predicted molar refractivity (Wildman–Crippen MR) is 106 cm³/mol. The Balaban J connectivity index is 1.78. The molecule has 0 aliphatic heterocycles. The van der Waals surface area contributed by atoms with Gasteiger partial charge in [0.15, 0.2) is 4.96 Å². The van der Waals surface area contributed by atoms with E-state index < -0.39 is 5.97 Å². The SMILES string of the molecule is CCc1ccc(-c2cn3c(CC(=O)N(CC)CCC(=O)O)csc3n2)cc1. The van der Waals surface area contributed by atoms with E-state index in [0.29, 0.717) is 6.54 Å². The molecule has 6 nitrogen and oxygen atoms in total. The number of fused-ring (bicyclic) bond motifs is 1. The van der Waals surface area contributed by atoms with Crippen molar-refractivity contribution in [2.75, 3.05) is 13.1 Å². The van der Waals surface area contributed by atoms with Crippen LogP contribution in [0, 0.1) is 0 Å². The number of aliphatic carboxylic acids is 1. The lowest BCUT2D eigenvalue weighted by molar-refractivity contribution is -0.138. The van der Waals surface area contributed by atoms with E-state index in [2.05, 4.69) is 36.2 Å². The van der Waals surface area contributed by atoms with Crippen molar-refractivity contribution in [3.05, 3.63) is 47.1 Å². The second-order valence-electron chi connectivity index (χ2n) is 6.35. The molecule has 0 spiro atoms. The molecule has 0 aliphatic carbocycles. The van der Waals surface area contributed by atoms with E-state index in [1.165, 1.54) is 16.9 Å². The lowest BCUT2D eigenvalue weighted by atomic mass is 10.1. The topological polar surface area (TPSA) is 74.9 Å². The first-order valence-corrected chi connectivity index (χ1v) is 9.94. The summed E-state index contributed by atoms with van der Waals surface area (Å²) < 4.78 is 1.96. The van der Waals surface area contributed by atoms with Gasteiger partial charge in [0.1, 0.15) is 0 Å². The van der Waals surface area contributed by atoms with Crippen LogP contribution in [-0.2, 0) is 22.4 Å². The zero-order valence-corrected chi connectivity index (χ0v) is 16.3. The van der Waals surface area contributed by atoms with Crippen LogP contribution >= 0.6 is 11.3 Å². The highest BCUT2D eigenvalue weighted by molar-refractivity contribution is 7.15. The lowest BCUT2D eigenvalue weighted by Gasteiger charge is -2.19. The molecule has 0 fully saturated rings. The van der Waals surface area contributed by atoms with Gasteiger partial charge in [-0.05, 0) is 18.9 Å².